The molecule has 0 saturated carbocycles. The molecule has 0 radical (unpaired) electrons. The molecule has 2 N–H and O–H groups in total. The minimum absolute atomic E-state index is 0.00388. The van der Waals surface area contributed by atoms with Crippen molar-refractivity contribution in [2.75, 3.05) is 18.4 Å². The number of nitrogens with zero attached hydrogens (tertiary/aromatic N) is 3. The zero-order chi connectivity index (χ0) is 18.7. The van der Waals surface area contributed by atoms with Gasteiger partial charge in [-0.2, -0.15) is 5.26 Å². The summed E-state index contributed by atoms with van der Waals surface area (Å²) in [5.74, 6) is -0.109. The summed E-state index contributed by atoms with van der Waals surface area (Å²) in [7, 11) is 1.39. The van der Waals surface area contributed by atoms with Gasteiger partial charge in [0.1, 0.15) is 11.6 Å². The smallest absolute Gasteiger partial charge is 0.332 e. The third-order valence-corrected chi connectivity index (χ3v) is 4.56. The Morgan fingerprint density at radius 1 is 1.38 bits per heavy atom. The van der Waals surface area contributed by atoms with Crippen LogP contribution < -0.4 is 21.9 Å². The van der Waals surface area contributed by atoms with Crippen LogP contribution in [0.4, 0.5) is 10.2 Å². The van der Waals surface area contributed by atoms with Crippen molar-refractivity contribution >= 4 is 5.82 Å². The fraction of sp³-hybridized carbons (Fsp3) is 0.389. The lowest BCUT2D eigenvalue weighted by Gasteiger charge is -2.26. The van der Waals surface area contributed by atoms with Gasteiger partial charge in [0.05, 0.1) is 18.2 Å². The molecule has 7 nitrogen and oxygen atoms in total. The zero-order valence-electron chi connectivity index (χ0n) is 14.5. The molecular weight excluding hydrogens is 337 g/mol. The molecule has 2 heterocycles. The Morgan fingerprint density at radius 3 is 2.88 bits per heavy atom. The van der Waals surface area contributed by atoms with Crippen LogP contribution in [0.1, 0.15) is 24.0 Å². The zero-order valence-corrected chi connectivity index (χ0v) is 14.5. The van der Waals surface area contributed by atoms with Crippen LogP contribution in [0.15, 0.2) is 33.9 Å². The van der Waals surface area contributed by atoms with Gasteiger partial charge in [0, 0.05) is 25.7 Å². The highest BCUT2D eigenvalue weighted by molar-refractivity contribution is 5.41. The molecule has 8 heteroatoms. The van der Waals surface area contributed by atoms with E-state index < -0.39 is 17.1 Å². The monoisotopic (exact) mass is 357 g/mol. The first-order chi connectivity index (χ1) is 12.5. The second-order valence-electron chi connectivity index (χ2n) is 6.40. The van der Waals surface area contributed by atoms with E-state index in [-0.39, 0.29) is 18.2 Å². The van der Waals surface area contributed by atoms with Gasteiger partial charge in [0.2, 0.25) is 0 Å². The van der Waals surface area contributed by atoms with Crippen LogP contribution in [-0.4, -0.2) is 28.3 Å². The molecule has 1 aromatic heterocycles. The third kappa shape index (κ3) is 3.68. The lowest BCUT2D eigenvalue weighted by molar-refractivity contribution is 0.475. The predicted octanol–water partition coefficient (Wildman–Crippen LogP) is 0.770. The van der Waals surface area contributed by atoms with Gasteiger partial charge in [-0.15, -0.1) is 0 Å². The van der Waals surface area contributed by atoms with Gasteiger partial charge in [-0.3, -0.25) is 13.9 Å². The van der Waals surface area contributed by atoms with Crippen LogP contribution in [-0.2, 0) is 13.6 Å². The van der Waals surface area contributed by atoms with Crippen LogP contribution in [0, 0.1) is 17.1 Å². The largest absolute Gasteiger partial charge is 0.367 e. The second-order valence-corrected chi connectivity index (χ2v) is 6.40. The summed E-state index contributed by atoms with van der Waals surface area (Å²) in [6.45, 7) is 1.67. The van der Waals surface area contributed by atoms with Gasteiger partial charge >= 0.3 is 5.69 Å². The van der Waals surface area contributed by atoms with E-state index in [2.05, 4.69) is 10.6 Å². The van der Waals surface area contributed by atoms with Crippen molar-refractivity contribution in [1.29, 1.82) is 5.26 Å². The number of piperidine rings is 1. The molecule has 1 aliphatic rings. The standard InChI is InChI=1S/C18H20FN5O2/c1-23-17(25)8-16(22-15-3-2-6-21-10-15)24(18(23)26)11-13-7-14(19)5-4-12(13)9-20/h4-5,7-8,15,21-22H,2-3,6,10-11H2,1H3/t15-/m1/s1. The van der Waals surface area contributed by atoms with E-state index in [1.165, 1.54) is 35.9 Å². The van der Waals surface area contributed by atoms with E-state index in [1.807, 2.05) is 6.07 Å². The van der Waals surface area contributed by atoms with Crippen molar-refractivity contribution in [1.82, 2.24) is 14.5 Å². The van der Waals surface area contributed by atoms with Gasteiger partial charge in [0.15, 0.2) is 0 Å². The van der Waals surface area contributed by atoms with Crippen LogP contribution in [0.5, 0.6) is 0 Å². The van der Waals surface area contributed by atoms with Crippen molar-refractivity contribution in [2.45, 2.75) is 25.4 Å². The van der Waals surface area contributed by atoms with E-state index in [9.17, 15) is 19.2 Å². The van der Waals surface area contributed by atoms with E-state index in [1.54, 1.807) is 0 Å². The predicted molar refractivity (Wildman–Crippen MR) is 95.7 cm³/mol. The molecule has 26 heavy (non-hydrogen) atoms. The molecule has 0 aliphatic carbocycles. The Hall–Kier alpha value is -2.92. The number of hydrogen-bond donors (Lipinski definition) is 2. The molecular formula is C18H20FN5O2. The third-order valence-electron chi connectivity index (χ3n) is 4.56. The minimum Gasteiger partial charge on any atom is -0.367 e. The van der Waals surface area contributed by atoms with Gasteiger partial charge in [-0.25, -0.2) is 9.18 Å². The van der Waals surface area contributed by atoms with Crippen LogP contribution in [0.2, 0.25) is 0 Å². The molecule has 2 aromatic rings. The Bertz CT molecular complexity index is 967. The Balaban J connectivity index is 2.04. The number of hydrogen-bond acceptors (Lipinski definition) is 5. The van der Waals surface area contributed by atoms with Gasteiger partial charge in [-0.1, -0.05) is 0 Å². The molecule has 0 spiro atoms. The highest BCUT2D eigenvalue weighted by Gasteiger charge is 2.17. The topological polar surface area (TPSA) is 91.8 Å². The molecule has 0 unspecified atom stereocenters. The molecule has 0 amide bonds. The number of nitriles is 1. The van der Waals surface area contributed by atoms with E-state index in [0.717, 1.165) is 30.5 Å². The Labute approximate surface area is 149 Å². The van der Waals surface area contributed by atoms with E-state index >= 15 is 0 Å². The molecule has 1 fully saturated rings. The van der Waals surface area contributed by atoms with Crippen molar-refractivity contribution in [3.63, 3.8) is 0 Å². The molecule has 1 aliphatic heterocycles. The average molecular weight is 357 g/mol. The summed E-state index contributed by atoms with van der Waals surface area (Å²) in [5.41, 5.74) is -0.260. The van der Waals surface area contributed by atoms with Crippen molar-refractivity contribution in [2.24, 2.45) is 7.05 Å². The number of aromatic nitrogens is 2. The summed E-state index contributed by atoms with van der Waals surface area (Å²) >= 11 is 0. The van der Waals surface area contributed by atoms with Gasteiger partial charge in [0.25, 0.3) is 5.56 Å². The fourth-order valence-corrected chi connectivity index (χ4v) is 3.10. The summed E-state index contributed by atoms with van der Waals surface area (Å²) in [5, 5.41) is 15.8. The first-order valence-electron chi connectivity index (χ1n) is 8.46. The van der Waals surface area contributed by atoms with Crippen LogP contribution in [0.3, 0.4) is 0 Å². The molecule has 0 bridgehead atoms. The average Bonchev–Trinajstić information content (AvgIpc) is 2.64. The number of rotatable bonds is 4. The lowest BCUT2D eigenvalue weighted by atomic mass is 10.1. The second kappa shape index (κ2) is 7.54. The highest BCUT2D eigenvalue weighted by Crippen LogP contribution is 2.15. The molecule has 1 atom stereocenters. The molecule has 3 rings (SSSR count). The Kier molecular flexibility index (Phi) is 5.19. The van der Waals surface area contributed by atoms with Crippen LogP contribution >= 0.6 is 0 Å². The summed E-state index contributed by atoms with van der Waals surface area (Å²) < 4.78 is 16.0. The normalized spacial score (nSPS) is 16.9. The molecule has 1 aromatic carbocycles. The lowest BCUT2D eigenvalue weighted by Crippen LogP contribution is -2.43. The van der Waals surface area contributed by atoms with E-state index in [0.29, 0.717) is 11.4 Å². The number of halogens is 1. The number of benzene rings is 1. The van der Waals surface area contributed by atoms with E-state index in [4.69, 9.17) is 0 Å². The molecule has 1 saturated heterocycles. The maximum atomic E-state index is 13.6. The first kappa shape index (κ1) is 17.9. The van der Waals surface area contributed by atoms with Gasteiger partial charge in [-0.05, 0) is 43.1 Å². The van der Waals surface area contributed by atoms with Crippen LogP contribution in [0.25, 0.3) is 0 Å². The van der Waals surface area contributed by atoms with Gasteiger partial charge < -0.3 is 10.6 Å². The van der Waals surface area contributed by atoms with Crippen molar-refractivity contribution in [3.8, 4) is 6.07 Å². The minimum atomic E-state index is -0.517. The first-order valence-corrected chi connectivity index (χ1v) is 8.46. The highest BCUT2D eigenvalue weighted by atomic mass is 19.1. The number of nitrogens with one attached hydrogen (secondary N) is 2. The van der Waals surface area contributed by atoms with Crippen molar-refractivity contribution < 1.29 is 4.39 Å². The SMILES string of the molecule is Cn1c(=O)cc(N[C@@H]2CCCNC2)n(Cc2cc(F)ccc2C#N)c1=O. The maximum absolute atomic E-state index is 13.6. The van der Waals surface area contributed by atoms with Crippen molar-refractivity contribution in [3.05, 3.63) is 62.0 Å². The fourth-order valence-electron chi connectivity index (χ4n) is 3.10. The quantitative estimate of drug-likeness (QED) is 0.843. The summed E-state index contributed by atoms with van der Waals surface area (Å²) in [4.78, 5) is 24.7. The summed E-state index contributed by atoms with van der Waals surface area (Å²) in [6.07, 6.45) is 1.91. The Morgan fingerprint density at radius 2 is 2.19 bits per heavy atom. The molecule has 136 valence electrons. The number of anilines is 1. The maximum Gasteiger partial charge on any atom is 0.332 e. The summed E-state index contributed by atoms with van der Waals surface area (Å²) in [6, 6.07) is 7.29.